The Morgan fingerprint density at radius 2 is 2.00 bits per heavy atom. The molecule has 0 radical (unpaired) electrons. The molecule has 0 aliphatic carbocycles. The second-order valence-electron chi connectivity index (χ2n) is 4.63. The minimum absolute atomic E-state index is 0.0581. The first-order chi connectivity index (χ1) is 8.43. The van der Waals surface area contributed by atoms with Crippen LogP contribution in [-0.4, -0.2) is 91.8 Å². The predicted octanol–water partition coefficient (Wildman–Crippen LogP) is -0.615. The van der Waals surface area contributed by atoms with E-state index in [-0.39, 0.29) is 12.6 Å². The standard InChI is InChI=1S/C11H21N3O4/c1-12(2)4-5-13(3)11(17)14-6-7-18-8-9(14)10(15)16/h9H,4-8H2,1-3H3,(H,15,16). The zero-order valence-corrected chi connectivity index (χ0v) is 11.1. The number of urea groups is 1. The summed E-state index contributed by atoms with van der Waals surface area (Å²) in [5.74, 6) is -1.02. The number of hydrogen-bond donors (Lipinski definition) is 1. The molecule has 0 spiro atoms. The molecule has 7 heteroatoms. The zero-order valence-electron chi connectivity index (χ0n) is 11.1. The highest BCUT2D eigenvalue weighted by Crippen LogP contribution is 2.10. The molecule has 1 rings (SSSR count). The highest BCUT2D eigenvalue weighted by atomic mass is 16.5. The third-order valence-corrected chi connectivity index (χ3v) is 2.87. The summed E-state index contributed by atoms with van der Waals surface area (Å²) in [6.07, 6.45) is 0. The van der Waals surface area contributed by atoms with Crippen molar-refractivity contribution >= 4 is 12.0 Å². The van der Waals surface area contributed by atoms with Crippen LogP contribution in [0.5, 0.6) is 0 Å². The molecule has 0 bridgehead atoms. The third kappa shape index (κ3) is 3.85. The maximum absolute atomic E-state index is 12.1. The summed E-state index contributed by atoms with van der Waals surface area (Å²) < 4.78 is 5.10. The molecule has 1 saturated heterocycles. The van der Waals surface area contributed by atoms with Gasteiger partial charge < -0.3 is 24.5 Å². The molecule has 1 fully saturated rings. The van der Waals surface area contributed by atoms with Crippen molar-refractivity contribution in [3.8, 4) is 0 Å². The number of likely N-dealkylation sites (N-methyl/N-ethyl adjacent to an activating group) is 2. The molecule has 104 valence electrons. The van der Waals surface area contributed by atoms with Gasteiger partial charge in [0.1, 0.15) is 0 Å². The first-order valence-electron chi connectivity index (χ1n) is 5.90. The molecular weight excluding hydrogens is 238 g/mol. The molecule has 1 aliphatic heterocycles. The van der Waals surface area contributed by atoms with E-state index in [4.69, 9.17) is 9.84 Å². The van der Waals surface area contributed by atoms with Crippen molar-refractivity contribution in [3.63, 3.8) is 0 Å². The molecule has 1 unspecified atom stereocenters. The molecule has 1 atom stereocenters. The van der Waals surface area contributed by atoms with E-state index in [1.807, 2.05) is 19.0 Å². The average molecular weight is 259 g/mol. The van der Waals surface area contributed by atoms with Crippen LogP contribution in [0.3, 0.4) is 0 Å². The smallest absolute Gasteiger partial charge is 0.328 e. The number of rotatable bonds is 4. The van der Waals surface area contributed by atoms with Crippen LogP contribution >= 0.6 is 0 Å². The molecule has 18 heavy (non-hydrogen) atoms. The lowest BCUT2D eigenvalue weighted by Crippen LogP contribution is -2.56. The van der Waals surface area contributed by atoms with Gasteiger partial charge in [0, 0.05) is 26.7 Å². The number of aliphatic carboxylic acids is 1. The van der Waals surface area contributed by atoms with Gasteiger partial charge in [0.2, 0.25) is 0 Å². The minimum atomic E-state index is -1.02. The topological polar surface area (TPSA) is 73.3 Å². The number of hydrogen-bond acceptors (Lipinski definition) is 4. The largest absolute Gasteiger partial charge is 0.480 e. The number of carboxylic acids is 1. The molecule has 0 aromatic heterocycles. The van der Waals surface area contributed by atoms with Crippen LogP contribution in [0.15, 0.2) is 0 Å². The second-order valence-corrected chi connectivity index (χ2v) is 4.63. The van der Waals surface area contributed by atoms with E-state index in [9.17, 15) is 9.59 Å². The van der Waals surface area contributed by atoms with Crippen LogP contribution in [0.1, 0.15) is 0 Å². The van der Waals surface area contributed by atoms with Gasteiger partial charge in [-0.15, -0.1) is 0 Å². The van der Waals surface area contributed by atoms with Gasteiger partial charge in [-0.05, 0) is 14.1 Å². The van der Waals surface area contributed by atoms with E-state index in [1.165, 1.54) is 4.90 Å². The van der Waals surface area contributed by atoms with E-state index in [0.717, 1.165) is 6.54 Å². The Morgan fingerprint density at radius 3 is 2.56 bits per heavy atom. The number of nitrogens with zero attached hydrogens (tertiary/aromatic N) is 3. The number of carboxylic acid groups (broad SMARTS) is 1. The summed E-state index contributed by atoms with van der Waals surface area (Å²) in [6.45, 7) is 2.07. The van der Waals surface area contributed by atoms with Gasteiger partial charge in [-0.25, -0.2) is 9.59 Å². The Bertz CT molecular complexity index is 309. The Kier molecular flexibility index (Phi) is 5.36. The van der Waals surface area contributed by atoms with Crippen molar-refractivity contribution in [2.75, 3.05) is 54.0 Å². The maximum Gasteiger partial charge on any atom is 0.328 e. The number of carbonyl (C=O) groups is 2. The number of carbonyl (C=O) groups excluding carboxylic acids is 1. The van der Waals surface area contributed by atoms with Crippen molar-refractivity contribution in [2.24, 2.45) is 0 Å². The molecule has 1 aliphatic rings. The molecule has 1 heterocycles. The summed E-state index contributed by atoms with van der Waals surface area (Å²) in [4.78, 5) is 28.1. The summed E-state index contributed by atoms with van der Waals surface area (Å²) in [5.41, 5.74) is 0. The van der Waals surface area contributed by atoms with Gasteiger partial charge in [-0.2, -0.15) is 0 Å². The Labute approximate surface area is 107 Å². The number of morpholine rings is 1. The summed E-state index contributed by atoms with van der Waals surface area (Å²) >= 11 is 0. The monoisotopic (exact) mass is 259 g/mol. The first-order valence-corrected chi connectivity index (χ1v) is 5.90. The van der Waals surface area contributed by atoms with Crippen molar-refractivity contribution in [3.05, 3.63) is 0 Å². The van der Waals surface area contributed by atoms with Crippen molar-refractivity contribution < 1.29 is 19.4 Å². The minimum Gasteiger partial charge on any atom is -0.480 e. The second kappa shape index (κ2) is 6.55. The quantitative estimate of drug-likeness (QED) is 0.729. The van der Waals surface area contributed by atoms with Crippen molar-refractivity contribution in [1.82, 2.24) is 14.7 Å². The molecule has 1 N–H and O–H groups in total. The Morgan fingerprint density at radius 1 is 1.33 bits per heavy atom. The van der Waals surface area contributed by atoms with Crippen LogP contribution in [0.4, 0.5) is 4.79 Å². The van der Waals surface area contributed by atoms with Crippen LogP contribution < -0.4 is 0 Å². The normalized spacial score (nSPS) is 20.0. The van der Waals surface area contributed by atoms with Crippen LogP contribution in [0, 0.1) is 0 Å². The summed E-state index contributed by atoms with van der Waals surface area (Å²) in [7, 11) is 5.53. The van der Waals surface area contributed by atoms with Gasteiger partial charge in [-0.3, -0.25) is 0 Å². The number of amides is 2. The fourth-order valence-electron chi connectivity index (χ4n) is 1.70. The lowest BCUT2D eigenvalue weighted by atomic mass is 10.2. The Balaban J connectivity index is 2.59. The average Bonchev–Trinajstić information content (AvgIpc) is 2.34. The van der Waals surface area contributed by atoms with Crippen LogP contribution in [-0.2, 0) is 9.53 Å². The fourth-order valence-corrected chi connectivity index (χ4v) is 1.70. The third-order valence-electron chi connectivity index (χ3n) is 2.87. The van der Waals surface area contributed by atoms with Gasteiger partial charge in [0.25, 0.3) is 0 Å². The lowest BCUT2D eigenvalue weighted by Gasteiger charge is -2.35. The van der Waals surface area contributed by atoms with Crippen molar-refractivity contribution in [1.29, 1.82) is 0 Å². The van der Waals surface area contributed by atoms with E-state index in [0.29, 0.717) is 19.7 Å². The van der Waals surface area contributed by atoms with E-state index in [1.54, 1.807) is 11.9 Å². The SMILES string of the molecule is CN(C)CCN(C)C(=O)N1CCOCC1C(=O)O. The fraction of sp³-hybridized carbons (Fsp3) is 0.818. The molecule has 0 aromatic rings. The molecule has 7 nitrogen and oxygen atoms in total. The van der Waals surface area contributed by atoms with Crippen molar-refractivity contribution in [2.45, 2.75) is 6.04 Å². The van der Waals surface area contributed by atoms with Gasteiger partial charge in [0.15, 0.2) is 6.04 Å². The molecule has 0 aromatic carbocycles. The Hall–Kier alpha value is -1.34. The lowest BCUT2D eigenvalue weighted by molar-refractivity contribution is -0.147. The van der Waals surface area contributed by atoms with Crippen LogP contribution in [0.25, 0.3) is 0 Å². The summed E-state index contributed by atoms with van der Waals surface area (Å²) in [5, 5.41) is 9.06. The predicted molar refractivity (Wildman–Crippen MR) is 65.5 cm³/mol. The van der Waals surface area contributed by atoms with E-state index < -0.39 is 12.0 Å². The van der Waals surface area contributed by atoms with Gasteiger partial charge >= 0.3 is 12.0 Å². The van der Waals surface area contributed by atoms with Gasteiger partial charge in [0.05, 0.1) is 13.2 Å². The zero-order chi connectivity index (χ0) is 13.7. The molecule has 2 amide bonds. The maximum atomic E-state index is 12.1. The van der Waals surface area contributed by atoms with E-state index >= 15 is 0 Å². The molecular formula is C11H21N3O4. The first kappa shape index (κ1) is 14.7. The highest BCUT2D eigenvalue weighted by molar-refractivity contribution is 5.82. The van der Waals surface area contributed by atoms with Crippen LogP contribution in [0.2, 0.25) is 0 Å². The van der Waals surface area contributed by atoms with Gasteiger partial charge in [-0.1, -0.05) is 0 Å². The molecule has 0 saturated carbocycles. The van der Waals surface area contributed by atoms with E-state index in [2.05, 4.69) is 0 Å². The highest BCUT2D eigenvalue weighted by Gasteiger charge is 2.34. The number of ether oxygens (including phenoxy) is 1. The summed E-state index contributed by atoms with van der Waals surface area (Å²) in [6, 6.07) is -1.14.